The van der Waals surface area contributed by atoms with Crippen LogP contribution in [-0.2, 0) is 7.05 Å². The molecule has 0 bridgehead atoms. The minimum absolute atomic E-state index is 0.0140. The lowest BCUT2D eigenvalue weighted by Gasteiger charge is -2.33. The second-order valence-electron chi connectivity index (χ2n) is 8.72. The molecule has 5 rings (SSSR count). The van der Waals surface area contributed by atoms with Crippen LogP contribution in [0.1, 0.15) is 44.2 Å². The van der Waals surface area contributed by atoms with Crippen molar-refractivity contribution in [3.05, 3.63) is 46.6 Å². The van der Waals surface area contributed by atoms with Crippen molar-refractivity contribution in [2.45, 2.75) is 51.2 Å². The zero-order valence-corrected chi connectivity index (χ0v) is 17.8. The average Bonchev–Trinajstić information content (AvgIpc) is 2.99. The van der Waals surface area contributed by atoms with E-state index in [1.165, 1.54) is 0 Å². The summed E-state index contributed by atoms with van der Waals surface area (Å²) in [7, 11) is 1.74. The number of aliphatic hydroxyl groups is 1. The van der Waals surface area contributed by atoms with E-state index in [9.17, 15) is 9.90 Å². The van der Waals surface area contributed by atoms with Gasteiger partial charge in [-0.3, -0.25) is 9.13 Å². The number of aromatic nitrogens is 6. The maximum Gasteiger partial charge on any atom is 0.330 e. The van der Waals surface area contributed by atoms with Gasteiger partial charge in [-0.2, -0.15) is 15.2 Å². The van der Waals surface area contributed by atoms with Crippen LogP contribution in [0.3, 0.4) is 0 Å². The molecule has 9 heteroatoms. The molecule has 160 valence electrons. The summed E-state index contributed by atoms with van der Waals surface area (Å²) in [5.41, 5.74) is 3.24. The van der Waals surface area contributed by atoms with Gasteiger partial charge in [-0.05, 0) is 63.3 Å². The molecule has 0 atom stereocenters. The maximum atomic E-state index is 13.0. The monoisotopic (exact) mass is 419 g/mol. The van der Waals surface area contributed by atoms with E-state index in [0.717, 1.165) is 35.0 Å². The molecule has 0 saturated heterocycles. The van der Waals surface area contributed by atoms with Crippen molar-refractivity contribution in [2.75, 3.05) is 5.32 Å². The maximum absolute atomic E-state index is 13.0. The minimum Gasteiger partial charge on any atom is -0.390 e. The van der Waals surface area contributed by atoms with Crippen molar-refractivity contribution in [1.29, 1.82) is 0 Å². The van der Waals surface area contributed by atoms with Crippen molar-refractivity contribution in [1.82, 2.24) is 29.3 Å². The Morgan fingerprint density at radius 3 is 2.81 bits per heavy atom. The van der Waals surface area contributed by atoms with Crippen LogP contribution >= 0.6 is 0 Å². The molecule has 9 nitrogen and oxygen atoms in total. The summed E-state index contributed by atoms with van der Waals surface area (Å²) in [6, 6.07) is 5.88. The highest BCUT2D eigenvalue weighted by Crippen LogP contribution is 2.35. The van der Waals surface area contributed by atoms with Crippen LogP contribution in [0, 0.1) is 6.92 Å². The summed E-state index contributed by atoms with van der Waals surface area (Å²) < 4.78 is 3.35. The molecule has 31 heavy (non-hydrogen) atoms. The van der Waals surface area contributed by atoms with Crippen molar-refractivity contribution in [3.63, 3.8) is 0 Å². The number of benzene rings is 1. The molecule has 3 heterocycles. The van der Waals surface area contributed by atoms with E-state index in [4.69, 9.17) is 4.98 Å². The molecule has 0 spiro atoms. The van der Waals surface area contributed by atoms with Crippen LogP contribution in [0.2, 0.25) is 0 Å². The van der Waals surface area contributed by atoms with Gasteiger partial charge in [-0.25, -0.2) is 9.78 Å². The van der Waals surface area contributed by atoms with Gasteiger partial charge in [0.1, 0.15) is 5.52 Å². The first-order chi connectivity index (χ1) is 14.8. The van der Waals surface area contributed by atoms with Gasteiger partial charge >= 0.3 is 5.69 Å². The molecule has 0 radical (unpaired) electrons. The topological polar surface area (TPSA) is 111 Å². The zero-order chi connectivity index (χ0) is 21.8. The minimum atomic E-state index is -0.662. The van der Waals surface area contributed by atoms with Crippen LogP contribution in [0.15, 0.2) is 35.4 Å². The first-order valence-electron chi connectivity index (χ1n) is 10.5. The number of rotatable bonds is 3. The third-order valence-corrected chi connectivity index (χ3v) is 6.34. The molecule has 0 aliphatic heterocycles. The number of hydrogen-bond acceptors (Lipinski definition) is 7. The standard InChI is InChI=1S/C22H25N7O2/c1-13-10-17-14(6-9-24-27-17)11-16(13)25-20-23-12-18-19(26-20)29(21(30)28(18)3)15-4-7-22(2,31)8-5-15/h6,9-12,15,31H,4-5,7-8H2,1-3H3,(H,23,25,26). The molecule has 1 aromatic carbocycles. The Morgan fingerprint density at radius 1 is 1.26 bits per heavy atom. The highest BCUT2D eigenvalue weighted by molar-refractivity contribution is 5.84. The first-order valence-corrected chi connectivity index (χ1v) is 10.5. The van der Waals surface area contributed by atoms with Gasteiger partial charge in [0.2, 0.25) is 5.95 Å². The molecular weight excluding hydrogens is 394 g/mol. The first kappa shape index (κ1) is 19.6. The Kier molecular flexibility index (Phi) is 4.51. The Bertz CT molecular complexity index is 1350. The number of nitrogens with one attached hydrogen (secondary N) is 1. The fraction of sp³-hybridized carbons (Fsp3) is 0.409. The number of hydrogen-bond donors (Lipinski definition) is 2. The summed E-state index contributed by atoms with van der Waals surface area (Å²) in [5, 5.41) is 22.6. The van der Waals surface area contributed by atoms with Gasteiger partial charge in [0.15, 0.2) is 5.65 Å². The Labute approximate surface area is 178 Å². The van der Waals surface area contributed by atoms with Gasteiger partial charge in [-0.15, -0.1) is 0 Å². The van der Waals surface area contributed by atoms with Crippen LogP contribution in [0.4, 0.5) is 11.6 Å². The Morgan fingerprint density at radius 2 is 2.03 bits per heavy atom. The molecule has 1 aliphatic carbocycles. The number of imidazole rings is 1. The number of nitrogens with zero attached hydrogens (tertiary/aromatic N) is 6. The molecule has 0 amide bonds. The zero-order valence-electron chi connectivity index (χ0n) is 17.8. The summed E-state index contributed by atoms with van der Waals surface area (Å²) in [6.07, 6.45) is 6.15. The lowest BCUT2D eigenvalue weighted by molar-refractivity contribution is 0.00991. The Balaban J connectivity index is 1.54. The van der Waals surface area contributed by atoms with E-state index in [0.29, 0.717) is 30.0 Å². The lowest BCUT2D eigenvalue weighted by Crippen LogP contribution is -2.35. The molecule has 2 N–H and O–H groups in total. The van der Waals surface area contributed by atoms with E-state index in [1.54, 1.807) is 28.6 Å². The molecule has 4 aromatic rings. The third-order valence-electron chi connectivity index (χ3n) is 6.34. The average molecular weight is 419 g/mol. The van der Waals surface area contributed by atoms with Crippen LogP contribution in [-0.4, -0.2) is 40.0 Å². The molecule has 1 aliphatic rings. The number of fused-ring (bicyclic) bond motifs is 2. The van der Waals surface area contributed by atoms with E-state index in [-0.39, 0.29) is 11.7 Å². The number of aryl methyl sites for hydroxylation is 2. The summed E-state index contributed by atoms with van der Waals surface area (Å²) in [6.45, 7) is 3.85. The summed E-state index contributed by atoms with van der Waals surface area (Å²) in [4.78, 5) is 22.1. The summed E-state index contributed by atoms with van der Waals surface area (Å²) >= 11 is 0. The van der Waals surface area contributed by atoms with Gasteiger partial charge < -0.3 is 10.4 Å². The van der Waals surface area contributed by atoms with Gasteiger partial charge in [0.05, 0.1) is 23.5 Å². The van der Waals surface area contributed by atoms with Crippen LogP contribution in [0.5, 0.6) is 0 Å². The smallest absolute Gasteiger partial charge is 0.330 e. The van der Waals surface area contributed by atoms with E-state index >= 15 is 0 Å². The van der Waals surface area contributed by atoms with Crippen molar-refractivity contribution in [3.8, 4) is 0 Å². The third kappa shape index (κ3) is 3.44. The van der Waals surface area contributed by atoms with Gasteiger partial charge in [0, 0.05) is 24.2 Å². The van der Waals surface area contributed by atoms with Crippen LogP contribution < -0.4 is 11.0 Å². The predicted octanol–water partition coefficient (Wildman–Crippen LogP) is 2.99. The van der Waals surface area contributed by atoms with E-state index in [1.807, 2.05) is 32.0 Å². The highest BCUT2D eigenvalue weighted by Gasteiger charge is 2.31. The normalized spacial score (nSPS) is 21.6. The summed E-state index contributed by atoms with van der Waals surface area (Å²) in [5.74, 6) is 0.430. The second kappa shape index (κ2) is 7.12. The molecule has 3 aromatic heterocycles. The quantitative estimate of drug-likeness (QED) is 0.525. The van der Waals surface area contributed by atoms with Crippen molar-refractivity contribution >= 4 is 33.7 Å². The van der Waals surface area contributed by atoms with Crippen molar-refractivity contribution < 1.29 is 5.11 Å². The SMILES string of the molecule is Cc1cc2nnccc2cc1Nc1ncc2c(n1)n(C1CCC(C)(O)CC1)c(=O)n2C. The number of anilines is 2. The van der Waals surface area contributed by atoms with Gasteiger partial charge in [0.25, 0.3) is 0 Å². The predicted molar refractivity (Wildman–Crippen MR) is 118 cm³/mol. The molecule has 1 fully saturated rings. The van der Waals surface area contributed by atoms with E-state index in [2.05, 4.69) is 20.5 Å². The van der Waals surface area contributed by atoms with E-state index < -0.39 is 5.60 Å². The highest BCUT2D eigenvalue weighted by atomic mass is 16.3. The Hall–Kier alpha value is -3.33. The molecular formula is C22H25N7O2. The second-order valence-corrected chi connectivity index (χ2v) is 8.72. The van der Waals surface area contributed by atoms with Crippen LogP contribution in [0.25, 0.3) is 22.1 Å². The molecule has 0 unspecified atom stereocenters. The fourth-order valence-electron chi connectivity index (χ4n) is 4.40. The van der Waals surface area contributed by atoms with Crippen molar-refractivity contribution in [2.24, 2.45) is 7.05 Å². The largest absolute Gasteiger partial charge is 0.390 e. The van der Waals surface area contributed by atoms with Gasteiger partial charge in [-0.1, -0.05) is 0 Å². The lowest BCUT2D eigenvalue weighted by atomic mass is 9.83. The fourth-order valence-corrected chi connectivity index (χ4v) is 4.40. The molecule has 1 saturated carbocycles.